The lowest BCUT2D eigenvalue weighted by molar-refractivity contribution is -0.161. The fourth-order valence-corrected chi connectivity index (χ4v) is 1.92. The van der Waals surface area contributed by atoms with Gasteiger partial charge >= 0.3 is 6.18 Å². The minimum atomic E-state index is -4.33. The van der Waals surface area contributed by atoms with Gasteiger partial charge in [-0.2, -0.15) is 13.2 Å². The van der Waals surface area contributed by atoms with E-state index in [9.17, 15) is 13.2 Å². The standard InChI is InChI=1S/C15H22F3NO/c1-4-20-10-13(11(2)3)19-14(15(16,17)18)12-8-6-5-7-9-12/h5-9,11,13-14,19H,4,10H2,1-3H3. The summed E-state index contributed by atoms with van der Waals surface area (Å²) in [5.74, 6) is 0.0510. The van der Waals surface area contributed by atoms with E-state index >= 15 is 0 Å². The number of hydrogen-bond donors (Lipinski definition) is 1. The van der Waals surface area contributed by atoms with Crippen LogP contribution in [0.5, 0.6) is 0 Å². The van der Waals surface area contributed by atoms with Crippen LogP contribution in [0.4, 0.5) is 13.2 Å². The second-order valence-electron chi connectivity index (χ2n) is 5.06. The van der Waals surface area contributed by atoms with Gasteiger partial charge in [-0.3, -0.25) is 5.32 Å². The van der Waals surface area contributed by atoms with Crippen LogP contribution < -0.4 is 5.32 Å². The van der Waals surface area contributed by atoms with Crippen LogP contribution in [0.3, 0.4) is 0 Å². The van der Waals surface area contributed by atoms with Gasteiger partial charge in [0.15, 0.2) is 0 Å². The maximum atomic E-state index is 13.2. The quantitative estimate of drug-likeness (QED) is 0.821. The van der Waals surface area contributed by atoms with Gasteiger partial charge in [-0.15, -0.1) is 0 Å². The highest BCUT2D eigenvalue weighted by atomic mass is 19.4. The monoisotopic (exact) mass is 289 g/mol. The molecule has 1 rings (SSSR count). The molecule has 0 aliphatic rings. The average Bonchev–Trinajstić information content (AvgIpc) is 2.38. The Labute approximate surface area is 118 Å². The zero-order valence-electron chi connectivity index (χ0n) is 12.1. The molecule has 0 radical (unpaired) electrons. The van der Waals surface area contributed by atoms with Gasteiger partial charge in [0, 0.05) is 12.6 Å². The summed E-state index contributed by atoms with van der Waals surface area (Å²) in [6, 6.07) is 5.90. The summed E-state index contributed by atoms with van der Waals surface area (Å²) < 4.78 is 45.0. The predicted octanol–water partition coefficient (Wildman–Crippen LogP) is 3.94. The molecule has 114 valence electrons. The largest absolute Gasteiger partial charge is 0.407 e. The maximum absolute atomic E-state index is 13.2. The molecule has 1 N–H and O–H groups in total. The Hall–Kier alpha value is -1.07. The number of hydrogen-bond acceptors (Lipinski definition) is 2. The fraction of sp³-hybridized carbons (Fsp3) is 0.600. The average molecular weight is 289 g/mol. The molecule has 0 aliphatic heterocycles. The molecular formula is C15H22F3NO. The van der Waals surface area contributed by atoms with E-state index in [-0.39, 0.29) is 24.1 Å². The second-order valence-corrected chi connectivity index (χ2v) is 5.06. The van der Waals surface area contributed by atoms with Crippen molar-refractivity contribution in [3.8, 4) is 0 Å². The summed E-state index contributed by atoms with van der Waals surface area (Å²) in [4.78, 5) is 0. The van der Waals surface area contributed by atoms with Crippen LogP contribution >= 0.6 is 0 Å². The summed E-state index contributed by atoms with van der Waals surface area (Å²) in [7, 11) is 0. The molecular weight excluding hydrogens is 267 g/mol. The van der Waals surface area contributed by atoms with Gasteiger partial charge in [-0.25, -0.2) is 0 Å². The second kappa shape index (κ2) is 7.64. The van der Waals surface area contributed by atoms with E-state index < -0.39 is 12.2 Å². The molecule has 0 fully saturated rings. The van der Waals surface area contributed by atoms with E-state index in [1.54, 1.807) is 18.2 Å². The van der Waals surface area contributed by atoms with Gasteiger partial charge in [0.25, 0.3) is 0 Å². The van der Waals surface area contributed by atoms with Crippen LogP contribution in [-0.2, 0) is 4.74 Å². The number of rotatable bonds is 7. The number of halogens is 3. The topological polar surface area (TPSA) is 21.3 Å². The Morgan fingerprint density at radius 2 is 1.75 bits per heavy atom. The van der Waals surface area contributed by atoms with Crippen LogP contribution in [0, 0.1) is 5.92 Å². The molecule has 0 heterocycles. The van der Waals surface area contributed by atoms with Crippen molar-refractivity contribution in [1.29, 1.82) is 0 Å². The first kappa shape index (κ1) is 17.0. The normalized spacial score (nSPS) is 15.3. The van der Waals surface area contributed by atoms with Crippen molar-refractivity contribution in [3.63, 3.8) is 0 Å². The third-order valence-corrected chi connectivity index (χ3v) is 3.15. The Morgan fingerprint density at radius 3 is 2.20 bits per heavy atom. The fourth-order valence-electron chi connectivity index (χ4n) is 1.92. The van der Waals surface area contributed by atoms with Crippen molar-refractivity contribution in [2.45, 2.75) is 39.0 Å². The van der Waals surface area contributed by atoms with Crippen LogP contribution in [0.2, 0.25) is 0 Å². The summed E-state index contributed by atoms with van der Waals surface area (Å²) >= 11 is 0. The molecule has 1 aromatic rings. The van der Waals surface area contributed by atoms with Crippen molar-refractivity contribution in [2.75, 3.05) is 13.2 Å². The van der Waals surface area contributed by atoms with Crippen LogP contribution in [-0.4, -0.2) is 25.4 Å². The number of nitrogens with one attached hydrogen (secondary N) is 1. The maximum Gasteiger partial charge on any atom is 0.407 e. The molecule has 0 amide bonds. The minimum Gasteiger partial charge on any atom is -0.380 e. The van der Waals surface area contributed by atoms with Crippen LogP contribution in [0.15, 0.2) is 30.3 Å². The first-order valence-corrected chi connectivity index (χ1v) is 6.81. The van der Waals surface area contributed by atoms with Crippen molar-refractivity contribution in [2.24, 2.45) is 5.92 Å². The van der Waals surface area contributed by atoms with E-state index in [1.165, 1.54) is 12.1 Å². The van der Waals surface area contributed by atoms with Gasteiger partial charge in [-0.1, -0.05) is 44.2 Å². The first-order valence-electron chi connectivity index (χ1n) is 6.81. The highest BCUT2D eigenvalue weighted by molar-refractivity contribution is 5.20. The highest BCUT2D eigenvalue weighted by Gasteiger charge is 2.42. The zero-order chi connectivity index (χ0) is 15.2. The lowest BCUT2D eigenvalue weighted by Gasteiger charge is -2.30. The molecule has 1 aromatic carbocycles. The molecule has 2 nitrogen and oxygen atoms in total. The Balaban J connectivity index is 2.89. The van der Waals surface area contributed by atoms with Gasteiger partial charge in [0.2, 0.25) is 0 Å². The van der Waals surface area contributed by atoms with E-state index in [1.807, 2.05) is 20.8 Å². The summed E-state index contributed by atoms with van der Waals surface area (Å²) in [6.45, 7) is 6.36. The Bertz CT molecular complexity index is 378. The molecule has 0 aliphatic carbocycles. The first-order chi connectivity index (χ1) is 9.36. The minimum absolute atomic E-state index is 0.0510. The summed E-state index contributed by atoms with van der Waals surface area (Å²) in [6.07, 6.45) is -4.33. The van der Waals surface area contributed by atoms with Crippen molar-refractivity contribution in [1.82, 2.24) is 5.32 Å². The Morgan fingerprint density at radius 1 is 1.15 bits per heavy atom. The number of benzene rings is 1. The van der Waals surface area contributed by atoms with E-state index in [2.05, 4.69) is 5.32 Å². The smallest absolute Gasteiger partial charge is 0.380 e. The molecule has 0 saturated carbocycles. The van der Waals surface area contributed by atoms with E-state index in [0.29, 0.717) is 6.61 Å². The van der Waals surface area contributed by atoms with Crippen LogP contribution in [0.25, 0.3) is 0 Å². The molecule has 20 heavy (non-hydrogen) atoms. The number of alkyl halides is 3. The van der Waals surface area contributed by atoms with E-state index in [4.69, 9.17) is 4.74 Å². The van der Waals surface area contributed by atoms with Crippen molar-refractivity contribution < 1.29 is 17.9 Å². The molecule has 5 heteroatoms. The van der Waals surface area contributed by atoms with Crippen molar-refractivity contribution in [3.05, 3.63) is 35.9 Å². The van der Waals surface area contributed by atoms with Gasteiger partial charge in [0.1, 0.15) is 6.04 Å². The van der Waals surface area contributed by atoms with Gasteiger partial charge in [-0.05, 0) is 18.4 Å². The molecule has 0 aromatic heterocycles. The molecule has 0 bridgehead atoms. The van der Waals surface area contributed by atoms with Crippen LogP contribution in [0.1, 0.15) is 32.4 Å². The zero-order valence-corrected chi connectivity index (χ0v) is 12.1. The molecule has 2 atom stereocenters. The SMILES string of the molecule is CCOCC(NC(c1ccccc1)C(F)(F)F)C(C)C. The summed E-state index contributed by atoms with van der Waals surface area (Å²) in [5.41, 5.74) is 0.224. The highest BCUT2D eigenvalue weighted by Crippen LogP contribution is 2.33. The van der Waals surface area contributed by atoms with Crippen molar-refractivity contribution >= 4 is 0 Å². The Kier molecular flexibility index (Phi) is 6.49. The molecule has 2 unspecified atom stereocenters. The third-order valence-electron chi connectivity index (χ3n) is 3.15. The molecule has 0 spiro atoms. The van der Waals surface area contributed by atoms with Gasteiger partial charge < -0.3 is 4.74 Å². The predicted molar refractivity (Wildman–Crippen MR) is 73.5 cm³/mol. The van der Waals surface area contributed by atoms with E-state index in [0.717, 1.165) is 0 Å². The van der Waals surface area contributed by atoms with Gasteiger partial charge in [0.05, 0.1) is 6.61 Å². The lowest BCUT2D eigenvalue weighted by Crippen LogP contribution is -2.45. The molecule has 0 saturated heterocycles. The summed E-state index contributed by atoms with van der Waals surface area (Å²) in [5, 5.41) is 2.69. The third kappa shape index (κ3) is 5.13. The number of ether oxygens (including phenoxy) is 1. The lowest BCUT2D eigenvalue weighted by atomic mass is 10.0.